The molecule has 0 saturated carbocycles. The van der Waals surface area contributed by atoms with Crippen molar-refractivity contribution in [2.24, 2.45) is 0 Å². The van der Waals surface area contributed by atoms with Gasteiger partial charge < -0.3 is 4.79 Å². The highest BCUT2D eigenvalue weighted by Crippen LogP contribution is 2.30. The van der Waals surface area contributed by atoms with Gasteiger partial charge >= 0.3 is 0 Å². The molecule has 1 atom stereocenters. The monoisotopic (exact) mass is 248 g/mol. The topological polar surface area (TPSA) is 17.1 Å². The van der Waals surface area contributed by atoms with Crippen molar-refractivity contribution in [3.05, 3.63) is 70.5 Å². The van der Waals surface area contributed by atoms with E-state index in [1.54, 1.807) is 12.1 Å². The molecule has 0 saturated heterocycles. The molecule has 0 heterocycles. The van der Waals surface area contributed by atoms with Gasteiger partial charge in [-0.1, -0.05) is 54.1 Å². The molecule has 0 bridgehead atoms. The molecule has 0 amide bonds. The minimum atomic E-state index is -0.528. The predicted molar refractivity (Wildman–Crippen MR) is 65.8 cm³/mol. The van der Waals surface area contributed by atoms with Gasteiger partial charge in [0.25, 0.3) is 0 Å². The molecule has 17 heavy (non-hydrogen) atoms. The Balaban J connectivity index is 2.50. The largest absolute Gasteiger partial charge is 0.302 e. The van der Waals surface area contributed by atoms with E-state index in [4.69, 9.17) is 11.6 Å². The van der Waals surface area contributed by atoms with E-state index in [1.807, 2.05) is 30.3 Å². The lowest BCUT2D eigenvalue weighted by atomic mass is 9.92. The van der Waals surface area contributed by atoms with Crippen LogP contribution < -0.4 is 0 Å². The van der Waals surface area contributed by atoms with Gasteiger partial charge in [-0.15, -0.1) is 0 Å². The van der Waals surface area contributed by atoms with E-state index in [0.717, 1.165) is 11.8 Å². The molecular weight excluding hydrogens is 239 g/mol. The van der Waals surface area contributed by atoms with Crippen LogP contribution in [0.15, 0.2) is 48.5 Å². The highest BCUT2D eigenvalue weighted by atomic mass is 35.5. The molecule has 0 fully saturated rings. The Morgan fingerprint density at radius 3 is 2.41 bits per heavy atom. The van der Waals surface area contributed by atoms with Gasteiger partial charge in [-0.2, -0.15) is 0 Å². The average Bonchev–Trinajstić information content (AvgIpc) is 2.37. The lowest BCUT2D eigenvalue weighted by molar-refractivity contribution is -0.108. The van der Waals surface area contributed by atoms with Crippen LogP contribution in [-0.4, -0.2) is 6.29 Å². The Hall–Kier alpha value is -1.67. The molecule has 0 aliphatic carbocycles. The summed E-state index contributed by atoms with van der Waals surface area (Å²) in [6.07, 6.45) is 0.774. The number of hydrogen-bond acceptors (Lipinski definition) is 1. The molecule has 1 unspecified atom stereocenters. The maximum Gasteiger partial charge on any atom is 0.142 e. The highest BCUT2D eigenvalue weighted by Gasteiger charge is 2.17. The molecule has 2 aromatic rings. The van der Waals surface area contributed by atoms with Gasteiger partial charge in [-0.05, 0) is 17.2 Å². The van der Waals surface area contributed by atoms with Gasteiger partial charge in [-0.25, -0.2) is 4.39 Å². The molecule has 0 aliphatic heterocycles. The fraction of sp³-hybridized carbons (Fsp3) is 0.0714. The van der Waals surface area contributed by atoms with Crippen LogP contribution in [0.3, 0.4) is 0 Å². The third-order valence-corrected chi connectivity index (χ3v) is 3.01. The highest BCUT2D eigenvalue weighted by molar-refractivity contribution is 6.31. The van der Waals surface area contributed by atoms with Gasteiger partial charge in [0.15, 0.2) is 0 Å². The number of halogens is 2. The summed E-state index contributed by atoms with van der Waals surface area (Å²) in [7, 11) is 0. The molecular formula is C14H10ClFO. The number of benzene rings is 2. The minimum absolute atomic E-state index is 0.00783. The Labute approximate surface area is 104 Å². The number of rotatable bonds is 3. The summed E-state index contributed by atoms with van der Waals surface area (Å²) in [6, 6.07) is 13.7. The van der Waals surface area contributed by atoms with E-state index >= 15 is 0 Å². The normalized spacial score (nSPS) is 12.1. The van der Waals surface area contributed by atoms with E-state index in [2.05, 4.69) is 0 Å². The summed E-state index contributed by atoms with van der Waals surface area (Å²) < 4.78 is 13.3. The summed E-state index contributed by atoms with van der Waals surface area (Å²) in [5, 5.41) is 0.00783. The molecule has 0 aliphatic rings. The van der Waals surface area contributed by atoms with Crippen molar-refractivity contribution in [1.82, 2.24) is 0 Å². The Kier molecular flexibility index (Phi) is 3.55. The third kappa shape index (κ3) is 2.37. The van der Waals surface area contributed by atoms with Crippen LogP contribution in [0.5, 0.6) is 0 Å². The maximum absolute atomic E-state index is 13.3. The Morgan fingerprint density at radius 1 is 1.06 bits per heavy atom. The molecule has 3 heteroatoms. The molecule has 1 nitrogen and oxygen atoms in total. The van der Waals surface area contributed by atoms with Crippen molar-refractivity contribution >= 4 is 17.9 Å². The lowest BCUT2D eigenvalue weighted by Gasteiger charge is -2.13. The molecule has 2 rings (SSSR count). The van der Waals surface area contributed by atoms with Gasteiger partial charge in [0.05, 0.1) is 10.9 Å². The van der Waals surface area contributed by atoms with Crippen molar-refractivity contribution in [2.45, 2.75) is 5.92 Å². The van der Waals surface area contributed by atoms with Gasteiger partial charge in [0.2, 0.25) is 0 Å². The maximum atomic E-state index is 13.3. The molecule has 2 aromatic carbocycles. The van der Waals surface area contributed by atoms with Gasteiger partial charge in [0.1, 0.15) is 12.1 Å². The van der Waals surface area contributed by atoms with Crippen molar-refractivity contribution in [3.8, 4) is 0 Å². The van der Waals surface area contributed by atoms with Crippen LogP contribution in [0.25, 0.3) is 0 Å². The van der Waals surface area contributed by atoms with Crippen LogP contribution in [0.1, 0.15) is 17.0 Å². The van der Waals surface area contributed by atoms with Crippen LogP contribution in [-0.2, 0) is 4.79 Å². The van der Waals surface area contributed by atoms with Crippen molar-refractivity contribution in [2.75, 3.05) is 0 Å². The second-order valence-corrected chi connectivity index (χ2v) is 4.05. The Morgan fingerprint density at radius 2 is 1.76 bits per heavy atom. The summed E-state index contributed by atoms with van der Waals surface area (Å²) in [4.78, 5) is 11.2. The minimum Gasteiger partial charge on any atom is -0.302 e. The first-order valence-electron chi connectivity index (χ1n) is 5.18. The predicted octanol–water partition coefficient (Wildman–Crippen LogP) is 3.81. The number of carbonyl (C=O) groups excluding carboxylic acids is 1. The first-order valence-corrected chi connectivity index (χ1v) is 5.56. The second-order valence-electron chi connectivity index (χ2n) is 3.67. The molecule has 0 radical (unpaired) electrons. The van der Waals surface area contributed by atoms with Crippen LogP contribution in [0, 0.1) is 5.82 Å². The van der Waals surface area contributed by atoms with Crippen molar-refractivity contribution < 1.29 is 9.18 Å². The Bertz CT molecular complexity index is 525. The fourth-order valence-corrected chi connectivity index (χ4v) is 2.00. The van der Waals surface area contributed by atoms with E-state index in [-0.39, 0.29) is 5.02 Å². The summed E-state index contributed by atoms with van der Waals surface area (Å²) in [5.74, 6) is -1.04. The zero-order valence-corrected chi connectivity index (χ0v) is 9.69. The summed E-state index contributed by atoms with van der Waals surface area (Å²) in [6.45, 7) is 0. The standard InChI is InChI=1S/C14H10ClFO/c15-14-11(7-4-8-13(14)16)12(9-17)10-5-2-1-3-6-10/h1-9,12H. The zero-order valence-electron chi connectivity index (χ0n) is 8.94. The van der Waals surface area contributed by atoms with E-state index in [9.17, 15) is 9.18 Å². The molecule has 0 aromatic heterocycles. The quantitative estimate of drug-likeness (QED) is 0.755. The van der Waals surface area contributed by atoms with Crippen molar-refractivity contribution in [1.29, 1.82) is 0 Å². The van der Waals surface area contributed by atoms with Crippen LogP contribution in [0.4, 0.5) is 4.39 Å². The number of hydrogen-bond donors (Lipinski definition) is 0. The van der Waals surface area contributed by atoms with E-state index in [0.29, 0.717) is 5.56 Å². The average molecular weight is 249 g/mol. The van der Waals surface area contributed by atoms with Gasteiger partial charge in [0, 0.05) is 0 Å². The number of aldehydes is 1. The fourth-order valence-electron chi connectivity index (χ4n) is 1.75. The first kappa shape index (κ1) is 11.8. The molecule has 0 N–H and O–H groups in total. The smallest absolute Gasteiger partial charge is 0.142 e. The lowest BCUT2D eigenvalue weighted by Crippen LogP contribution is -2.03. The SMILES string of the molecule is O=CC(c1ccccc1)c1cccc(F)c1Cl. The summed E-state index contributed by atoms with van der Waals surface area (Å²) >= 11 is 5.88. The van der Waals surface area contributed by atoms with Crippen LogP contribution >= 0.6 is 11.6 Å². The first-order chi connectivity index (χ1) is 8.24. The van der Waals surface area contributed by atoms with E-state index < -0.39 is 11.7 Å². The zero-order chi connectivity index (χ0) is 12.3. The summed E-state index contributed by atoms with van der Waals surface area (Å²) in [5.41, 5.74) is 1.29. The van der Waals surface area contributed by atoms with Crippen LogP contribution in [0.2, 0.25) is 5.02 Å². The number of carbonyl (C=O) groups is 1. The van der Waals surface area contributed by atoms with Gasteiger partial charge in [-0.3, -0.25) is 0 Å². The van der Waals surface area contributed by atoms with Crippen molar-refractivity contribution in [3.63, 3.8) is 0 Å². The molecule has 86 valence electrons. The second kappa shape index (κ2) is 5.11. The third-order valence-electron chi connectivity index (χ3n) is 2.61. The van der Waals surface area contributed by atoms with E-state index in [1.165, 1.54) is 6.07 Å². The molecule has 0 spiro atoms.